The van der Waals surface area contributed by atoms with Gasteiger partial charge in [0, 0.05) is 17.8 Å². The van der Waals surface area contributed by atoms with Crippen LogP contribution in [-0.4, -0.2) is 19.5 Å². The van der Waals surface area contributed by atoms with Crippen molar-refractivity contribution in [2.45, 2.75) is 4.90 Å². The molecule has 13 heavy (non-hydrogen) atoms. The van der Waals surface area contributed by atoms with E-state index in [0.29, 0.717) is 6.61 Å². The molecule has 0 bridgehead atoms. The maximum atomic E-state index is 12.7. The van der Waals surface area contributed by atoms with Crippen LogP contribution in [0.4, 0.5) is 8.78 Å². The van der Waals surface area contributed by atoms with Crippen LogP contribution >= 0.6 is 11.8 Å². The molecule has 1 nitrogen and oxygen atoms in total. The summed E-state index contributed by atoms with van der Waals surface area (Å²) in [5, 5.41) is 0. The van der Waals surface area contributed by atoms with Gasteiger partial charge in [-0.15, -0.1) is 11.8 Å². The molecule has 72 valence electrons. The Bertz CT molecular complexity index is 278. The van der Waals surface area contributed by atoms with Gasteiger partial charge in [-0.25, -0.2) is 8.78 Å². The second kappa shape index (κ2) is 5.19. The molecule has 0 saturated carbocycles. The Morgan fingerprint density at radius 1 is 1.31 bits per heavy atom. The molecule has 1 aromatic carbocycles. The molecule has 4 heteroatoms. The van der Waals surface area contributed by atoms with Gasteiger partial charge in [-0.2, -0.15) is 0 Å². The number of methoxy groups -OCH3 is 1. The first kappa shape index (κ1) is 10.5. The van der Waals surface area contributed by atoms with Crippen molar-refractivity contribution in [3.8, 4) is 0 Å². The lowest BCUT2D eigenvalue weighted by molar-refractivity contribution is 0.218. The first-order chi connectivity index (χ1) is 6.24. The molecule has 1 aromatic rings. The van der Waals surface area contributed by atoms with Gasteiger partial charge < -0.3 is 4.74 Å². The molecular formula is C9H10F2OS. The third-order valence-corrected chi connectivity index (χ3v) is 2.41. The van der Waals surface area contributed by atoms with Crippen LogP contribution in [0.1, 0.15) is 0 Å². The van der Waals surface area contributed by atoms with Crippen LogP contribution in [0.2, 0.25) is 0 Å². The van der Waals surface area contributed by atoms with Gasteiger partial charge in [0.05, 0.1) is 6.61 Å². The predicted octanol–water partition coefficient (Wildman–Crippen LogP) is 2.70. The van der Waals surface area contributed by atoms with E-state index in [-0.39, 0.29) is 0 Å². The number of halogens is 2. The number of rotatable bonds is 4. The summed E-state index contributed by atoms with van der Waals surface area (Å²) >= 11 is 1.44. The number of hydrogen-bond acceptors (Lipinski definition) is 2. The van der Waals surface area contributed by atoms with E-state index in [2.05, 4.69) is 0 Å². The van der Waals surface area contributed by atoms with Crippen molar-refractivity contribution in [3.63, 3.8) is 0 Å². The third kappa shape index (κ3) is 3.32. The molecule has 0 heterocycles. The molecule has 0 aromatic heterocycles. The Hall–Kier alpha value is -0.610. The molecule has 0 unspecified atom stereocenters. The molecule has 0 saturated heterocycles. The predicted molar refractivity (Wildman–Crippen MR) is 49.0 cm³/mol. The SMILES string of the molecule is COCCSc1ccc(F)c(F)c1. The zero-order chi connectivity index (χ0) is 9.68. The zero-order valence-electron chi connectivity index (χ0n) is 7.22. The molecule has 0 N–H and O–H groups in total. The molecule has 0 aliphatic heterocycles. The minimum Gasteiger partial charge on any atom is -0.384 e. The number of ether oxygens (including phenoxy) is 1. The van der Waals surface area contributed by atoms with Crippen LogP contribution in [-0.2, 0) is 4.74 Å². The highest BCUT2D eigenvalue weighted by Gasteiger charge is 2.02. The number of hydrogen-bond donors (Lipinski definition) is 0. The minimum atomic E-state index is -0.809. The second-order valence-corrected chi connectivity index (χ2v) is 3.59. The lowest BCUT2D eigenvalue weighted by atomic mass is 10.3. The lowest BCUT2D eigenvalue weighted by Gasteiger charge is -2.00. The Balaban J connectivity index is 2.53. The van der Waals surface area contributed by atoms with Crippen LogP contribution in [0, 0.1) is 11.6 Å². The summed E-state index contributed by atoms with van der Waals surface area (Å²) in [6.07, 6.45) is 0. The quantitative estimate of drug-likeness (QED) is 0.551. The first-order valence-electron chi connectivity index (χ1n) is 3.81. The van der Waals surface area contributed by atoms with Crippen LogP contribution in [0.15, 0.2) is 23.1 Å². The lowest BCUT2D eigenvalue weighted by Crippen LogP contribution is -1.91. The maximum Gasteiger partial charge on any atom is 0.159 e. The summed E-state index contributed by atoms with van der Waals surface area (Å²) in [5.74, 6) is -0.875. The summed E-state index contributed by atoms with van der Waals surface area (Å²) in [6, 6.07) is 3.87. The molecule has 0 radical (unpaired) electrons. The van der Waals surface area contributed by atoms with E-state index in [4.69, 9.17) is 4.74 Å². The van der Waals surface area contributed by atoms with Crippen molar-refractivity contribution in [2.75, 3.05) is 19.5 Å². The van der Waals surface area contributed by atoms with Crippen LogP contribution in [0.25, 0.3) is 0 Å². The fourth-order valence-corrected chi connectivity index (χ4v) is 1.65. The van der Waals surface area contributed by atoms with Crippen molar-refractivity contribution >= 4 is 11.8 Å². The Labute approximate surface area is 80.1 Å². The van der Waals surface area contributed by atoms with Gasteiger partial charge in [0.15, 0.2) is 11.6 Å². The fourth-order valence-electron chi connectivity index (χ4n) is 0.809. The molecule has 0 aliphatic rings. The largest absolute Gasteiger partial charge is 0.384 e. The third-order valence-electron chi connectivity index (χ3n) is 1.45. The fraction of sp³-hybridized carbons (Fsp3) is 0.333. The molecular weight excluding hydrogens is 194 g/mol. The molecule has 0 amide bonds. The van der Waals surface area contributed by atoms with E-state index in [1.807, 2.05) is 0 Å². The molecule has 0 atom stereocenters. The van der Waals surface area contributed by atoms with E-state index in [1.54, 1.807) is 13.2 Å². The smallest absolute Gasteiger partial charge is 0.159 e. The maximum absolute atomic E-state index is 12.7. The van der Waals surface area contributed by atoms with Crippen molar-refractivity contribution in [1.82, 2.24) is 0 Å². The zero-order valence-corrected chi connectivity index (χ0v) is 8.04. The van der Waals surface area contributed by atoms with Gasteiger partial charge in [-0.1, -0.05) is 0 Å². The van der Waals surface area contributed by atoms with Gasteiger partial charge in [0.25, 0.3) is 0 Å². The van der Waals surface area contributed by atoms with E-state index < -0.39 is 11.6 Å². The van der Waals surface area contributed by atoms with Crippen molar-refractivity contribution < 1.29 is 13.5 Å². The highest BCUT2D eigenvalue weighted by molar-refractivity contribution is 7.99. The number of benzene rings is 1. The van der Waals surface area contributed by atoms with Gasteiger partial charge >= 0.3 is 0 Å². The highest BCUT2D eigenvalue weighted by atomic mass is 32.2. The van der Waals surface area contributed by atoms with Crippen molar-refractivity contribution in [3.05, 3.63) is 29.8 Å². The van der Waals surface area contributed by atoms with Gasteiger partial charge in [-0.3, -0.25) is 0 Å². The summed E-state index contributed by atoms with van der Waals surface area (Å²) in [5.41, 5.74) is 0. The van der Waals surface area contributed by atoms with Crippen LogP contribution in [0.5, 0.6) is 0 Å². The highest BCUT2D eigenvalue weighted by Crippen LogP contribution is 2.19. The average Bonchev–Trinajstić information content (AvgIpc) is 2.12. The summed E-state index contributed by atoms with van der Waals surface area (Å²) in [7, 11) is 1.60. The first-order valence-corrected chi connectivity index (χ1v) is 4.79. The Kier molecular flexibility index (Phi) is 4.18. The van der Waals surface area contributed by atoms with Crippen LogP contribution in [0.3, 0.4) is 0 Å². The summed E-state index contributed by atoms with van der Waals surface area (Å²) < 4.78 is 30.0. The Morgan fingerprint density at radius 2 is 2.08 bits per heavy atom. The molecule has 0 spiro atoms. The monoisotopic (exact) mass is 204 g/mol. The normalized spacial score (nSPS) is 10.4. The van der Waals surface area contributed by atoms with Crippen molar-refractivity contribution in [1.29, 1.82) is 0 Å². The Morgan fingerprint density at radius 3 is 2.69 bits per heavy atom. The average molecular weight is 204 g/mol. The molecule has 0 fully saturated rings. The minimum absolute atomic E-state index is 0.601. The van der Waals surface area contributed by atoms with Gasteiger partial charge in [-0.05, 0) is 18.2 Å². The molecule has 1 rings (SSSR count). The van der Waals surface area contributed by atoms with Crippen LogP contribution < -0.4 is 0 Å². The molecule has 0 aliphatic carbocycles. The van der Waals surface area contributed by atoms with E-state index >= 15 is 0 Å². The van der Waals surface area contributed by atoms with E-state index in [1.165, 1.54) is 17.8 Å². The summed E-state index contributed by atoms with van der Waals surface area (Å²) in [6.45, 7) is 0.601. The summed E-state index contributed by atoms with van der Waals surface area (Å²) in [4.78, 5) is 0.718. The topological polar surface area (TPSA) is 9.23 Å². The van der Waals surface area contributed by atoms with Crippen molar-refractivity contribution in [2.24, 2.45) is 0 Å². The van der Waals surface area contributed by atoms with Gasteiger partial charge in [0.2, 0.25) is 0 Å². The van der Waals surface area contributed by atoms with E-state index in [9.17, 15) is 8.78 Å². The second-order valence-electron chi connectivity index (χ2n) is 2.42. The standard InChI is InChI=1S/C9H10F2OS/c1-12-4-5-13-7-2-3-8(10)9(11)6-7/h2-3,6H,4-5H2,1H3. The number of thioether (sulfide) groups is 1. The van der Waals surface area contributed by atoms with E-state index in [0.717, 1.165) is 16.7 Å². The van der Waals surface area contributed by atoms with Gasteiger partial charge in [0.1, 0.15) is 0 Å².